The summed E-state index contributed by atoms with van der Waals surface area (Å²) >= 11 is 6.08. The molecule has 0 spiro atoms. The quantitative estimate of drug-likeness (QED) is 0.789. The molecule has 0 aliphatic heterocycles. The lowest BCUT2D eigenvalue weighted by Gasteiger charge is -2.14. The largest absolute Gasteiger partial charge is 0.490 e. The van der Waals surface area contributed by atoms with E-state index in [9.17, 15) is 4.79 Å². The average Bonchev–Trinajstić information content (AvgIpc) is 2.60. The number of hydrogen-bond acceptors (Lipinski definition) is 2. The summed E-state index contributed by atoms with van der Waals surface area (Å²) in [6.07, 6.45) is 2.07. The molecule has 0 N–H and O–H groups in total. The van der Waals surface area contributed by atoms with E-state index in [0.29, 0.717) is 18.6 Å². The smallest absolute Gasteiger partial charge is 0.136 e. The minimum atomic E-state index is 0.0486. The van der Waals surface area contributed by atoms with Gasteiger partial charge in [0.25, 0.3) is 0 Å². The zero-order valence-electron chi connectivity index (χ0n) is 9.55. The third-order valence-corrected chi connectivity index (χ3v) is 3.51. The Morgan fingerprint density at radius 3 is 2.44 bits per heavy atom. The molecule has 0 aromatic heterocycles. The van der Waals surface area contributed by atoms with Crippen molar-refractivity contribution in [1.82, 2.24) is 0 Å². The Morgan fingerprint density at radius 2 is 1.94 bits per heavy atom. The molecule has 1 aromatic carbocycles. The molecule has 1 atom stereocenters. The van der Waals surface area contributed by atoms with Crippen LogP contribution in [0, 0.1) is 13.8 Å². The molecule has 3 heteroatoms. The number of ketones is 1. The Balaban J connectivity index is 2.13. The van der Waals surface area contributed by atoms with Gasteiger partial charge in [-0.15, -0.1) is 0 Å². The van der Waals surface area contributed by atoms with Crippen molar-refractivity contribution >= 4 is 17.4 Å². The molecular formula is C13H15ClO2. The van der Waals surface area contributed by atoms with Crippen LogP contribution < -0.4 is 4.74 Å². The van der Waals surface area contributed by atoms with Gasteiger partial charge < -0.3 is 4.74 Å². The van der Waals surface area contributed by atoms with Crippen molar-refractivity contribution in [3.63, 3.8) is 0 Å². The van der Waals surface area contributed by atoms with E-state index in [4.69, 9.17) is 16.3 Å². The van der Waals surface area contributed by atoms with Gasteiger partial charge in [0, 0.05) is 17.9 Å². The summed E-state index contributed by atoms with van der Waals surface area (Å²) in [6.45, 7) is 3.92. The molecule has 1 aromatic rings. The number of aryl methyl sites for hydroxylation is 2. The zero-order valence-corrected chi connectivity index (χ0v) is 10.3. The SMILES string of the molecule is Cc1cc(OC2CCC(=O)C2)cc(C)c1Cl. The van der Waals surface area contributed by atoms with Gasteiger partial charge >= 0.3 is 0 Å². The van der Waals surface area contributed by atoms with Crippen LogP contribution >= 0.6 is 11.6 Å². The summed E-state index contributed by atoms with van der Waals surface area (Å²) in [6, 6.07) is 3.86. The molecule has 2 nitrogen and oxygen atoms in total. The van der Waals surface area contributed by atoms with Gasteiger partial charge in [0.2, 0.25) is 0 Å². The van der Waals surface area contributed by atoms with E-state index in [1.54, 1.807) is 0 Å². The molecule has 2 rings (SSSR count). The third kappa shape index (κ3) is 2.38. The van der Waals surface area contributed by atoms with E-state index in [1.807, 2.05) is 26.0 Å². The molecule has 1 unspecified atom stereocenters. The first-order valence-corrected chi connectivity index (χ1v) is 5.89. The van der Waals surface area contributed by atoms with Gasteiger partial charge in [0.05, 0.1) is 0 Å². The molecule has 0 saturated heterocycles. The number of Topliss-reactive ketones (excluding diaryl/α,β-unsaturated/α-hetero) is 1. The zero-order chi connectivity index (χ0) is 11.7. The fraction of sp³-hybridized carbons (Fsp3) is 0.462. The number of benzene rings is 1. The first-order valence-electron chi connectivity index (χ1n) is 5.51. The molecule has 1 saturated carbocycles. The van der Waals surface area contributed by atoms with Crippen LogP contribution in [0.3, 0.4) is 0 Å². The summed E-state index contributed by atoms with van der Waals surface area (Å²) in [4.78, 5) is 11.1. The van der Waals surface area contributed by atoms with Gasteiger partial charge in [0.1, 0.15) is 17.6 Å². The highest BCUT2D eigenvalue weighted by atomic mass is 35.5. The van der Waals surface area contributed by atoms with Crippen LogP contribution in [0.1, 0.15) is 30.4 Å². The Morgan fingerprint density at radius 1 is 1.31 bits per heavy atom. The number of ether oxygens (including phenoxy) is 1. The van der Waals surface area contributed by atoms with Gasteiger partial charge in [0.15, 0.2) is 0 Å². The Labute approximate surface area is 101 Å². The normalized spacial score (nSPS) is 20.2. The number of carbonyl (C=O) groups excluding carboxylic acids is 1. The van der Waals surface area contributed by atoms with Crippen LogP contribution in [0.25, 0.3) is 0 Å². The van der Waals surface area contributed by atoms with Gasteiger partial charge in [-0.3, -0.25) is 4.79 Å². The van der Waals surface area contributed by atoms with Crippen LogP contribution in [-0.2, 0) is 4.79 Å². The van der Waals surface area contributed by atoms with Gasteiger partial charge in [-0.05, 0) is 43.5 Å². The molecule has 86 valence electrons. The Bertz CT molecular complexity index is 403. The minimum absolute atomic E-state index is 0.0486. The summed E-state index contributed by atoms with van der Waals surface area (Å²) in [5.41, 5.74) is 2.03. The second-order valence-corrected chi connectivity index (χ2v) is 4.77. The predicted molar refractivity (Wildman–Crippen MR) is 64.2 cm³/mol. The molecule has 0 bridgehead atoms. The minimum Gasteiger partial charge on any atom is -0.490 e. The molecular weight excluding hydrogens is 224 g/mol. The Kier molecular flexibility index (Phi) is 3.20. The van der Waals surface area contributed by atoms with Gasteiger partial charge in [-0.2, -0.15) is 0 Å². The van der Waals surface area contributed by atoms with Crippen molar-refractivity contribution in [3.05, 3.63) is 28.3 Å². The molecule has 16 heavy (non-hydrogen) atoms. The van der Waals surface area contributed by atoms with E-state index in [-0.39, 0.29) is 6.10 Å². The van der Waals surface area contributed by atoms with E-state index >= 15 is 0 Å². The van der Waals surface area contributed by atoms with Crippen molar-refractivity contribution in [2.75, 3.05) is 0 Å². The van der Waals surface area contributed by atoms with E-state index in [2.05, 4.69) is 0 Å². The topological polar surface area (TPSA) is 26.3 Å². The molecule has 1 aliphatic rings. The van der Waals surface area contributed by atoms with Crippen LogP contribution in [0.4, 0.5) is 0 Å². The first-order chi connectivity index (χ1) is 7.56. The first kappa shape index (κ1) is 11.5. The fourth-order valence-corrected chi connectivity index (χ4v) is 2.16. The van der Waals surface area contributed by atoms with Crippen LogP contribution in [0.15, 0.2) is 12.1 Å². The highest BCUT2D eigenvalue weighted by Crippen LogP contribution is 2.28. The summed E-state index contributed by atoms with van der Waals surface area (Å²) in [5.74, 6) is 1.12. The molecule has 1 aliphatic carbocycles. The average molecular weight is 239 g/mol. The predicted octanol–water partition coefficient (Wildman–Crippen LogP) is 3.46. The molecule has 1 fully saturated rings. The Hall–Kier alpha value is -1.02. The number of carbonyl (C=O) groups is 1. The second-order valence-electron chi connectivity index (χ2n) is 4.39. The van der Waals surface area contributed by atoms with E-state index in [0.717, 1.165) is 28.3 Å². The van der Waals surface area contributed by atoms with Crippen LogP contribution in [0.2, 0.25) is 5.02 Å². The monoisotopic (exact) mass is 238 g/mol. The van der Waals surface area contributed by atoms with E-state index in [1.165, 1.54) is 0 Å². The highest BCUT2D eigenvalue weighted by molar-refractivity contribution is 6.32. The summed E-state index contributed by atoms with van der Waals surface area (Å²) < 4.78 is 5.78. The third-order valence-electron chi connectivity index (χ3n) is 2.91. The van der Waals surface area contributed by atoms with Crippen LogP contribution in [0.5, 0.6) is 5.75 Å². The van der Waals surface area contributed by atoms with Crippen molar-refractivity contribution in [2.45, 2.75) is 39.2 Å². The number of rotatable bonds is 2. The second kappa shape index (κ2) is 4.46. The standard InChI is InChI=1S/C13H15ClO2/c1-8-5-12(6-9(2)13(8)14)16-11-4-3-10(15)7-11/h5-6,11H,3-4,7H2,1-2H3. The molecule has 0 heterocycles. The molecule has 0 radical (unpaired) electrons. The highest BCUT2D eigenvalue weighted by Gasteiger charge is 2.23. The summed E-state index contributed by atoms with van der Waals surface area (Å²) in [7, 11) is 0. The van der Waals surface area contributed by atoms with Crippen molar-refractivity contribution in [2.24, 2.45) is 0 Å². The lowest BCUT2D eigenvalue weighted by molar-refractivity contribution is -0.117. The lowest BCUT2D eigenvalue weighted by Crippen LogP contribution is -2.12. The van der Waals surface area contributed by atoms with Crippen molar-refractivity contribution < 1.29 is 9.53 Å². The number of hydrogen-bond donors (Lipinski definition) is 0. The fourth-order valence-electron chi connectivity index (χ4n) is 2.05. The lowest BCUT2D eigenvalue weighted by atomic mass is 10.1. The van der Waals surface area contributed by atoms with Crippen molar-refractivity contribution in [1.29, 1.82) is 0 Å². The maximum Gasteiger partial charge on any atom is 0.136 e. The number of halogens is 1. The molecule has 0 amide bonds. The summed E-state index contributed by atoms with van der Waals surface area (Å²) in [5, 5.41) is 0.787. The van der Waals surface area contributed by atoms with Gasteiger partial charge in [-0.25, -0.2) is 0 Å². The maximum atomic E-state index is 11.1. The van der Waals surface area contributed by atoms with Crippen molar-refractivity contribution in [3.8, 4) is 5.75 Å². The van der Waals surface area contributed by atoms with Gasteiger partial charge in [-0.1, -0.05) is 11.6 Å². The van der Waals surface area contributed by atoms with Crippen LogP contribution in [-0.4, -0.2) is 11.9 Å². The maximum absolute atomic E-state index is 11.1. The van der Waals surface area contributed by atoms with E-state index < -0.39 is 0 Å².